The molecule has 4 aromatic carbocycles. The molecule has 0 radical (unpaired) electrons. The zero-order valence-corrected chi connectivity index (χ0v) is 19.3. The Morgan fingerprint density at radius 1 is 0.515 bits per heavy atom. The Bertz CT molecular complexity index is 1080. The topological polar surface area (TPSA) is 18.5 Å². The van der Waals surface area contributed by atoms with Crippen molar-refractivity contribution in [3.8, 4) is 11.5 Å². The molecule has 0 unspecified atom stereocenters. The highest BCUT2D eigenvalue weighted by molar-refractivity contribution is 7.99. The zero-order chi connectivity index (χ0) is 22.9. The molecule has 0 amide bonds. The predicted molar refractivity (Wildman–Crippen MR) is 139 cm³/mol. The highest BCUT2D eigenvalue weighted by Crippen LogP contribution is 2.28. The average molecular weight is 451 g/mol. The molecule has 164 valence electrons. The molecule has 0 heterocycles. The molecule has 3 heteroatoms. The van der Waals surface area contributed by atoms with E-state index in [4.69, 9.17) is 9.47 Å². The molecule has 0 aliphatic carbocycles. The van der Waals surface area contributed by atoms with Crippen LogP contribution in [0.15, 0.2) is 120 Å². The highest BCUT2D eigenvalue weighted by Gasteiger charge is 2.02. The van der Waals surface area contributed by atoms with E-state index >= 15 is 0 Å². The van der Waals surface area contributed by atoms with Crippen molar-refractivity contribution in [1.29, 1.82) is 0 Å². The molecule has 4 rings (SSSR count). The first kappa shape index (κ1) is 22.5. The van der Waals surface area contributed by atoms with Crippen LogP contribution in [0.25, 0.3) is 12.2 Å². The summed E-state index contributed by atoms with van der Waals surface area (Å²) in [7, 11) is 0. The smallest absolute Gasteiger partial charge is 0.119 e. The summed E-state index contributed by atoms with van der Waals surface area (Å²) in [5.74, 6) is 1.72. The molecule has 0 aliphatic heterocycles. The SMILES string of the molecule is C=Cc1ccc(OCc2ccc(Sc3ccc(COc4ccc(C=C)cc4)cc3)cc2)cc1. The quantitative estimate of drug-likeness (QED) is 0.242. The van der Waals surface area contributed by atoms with E-state index in [1.54, 1.807) is 11.8 Å². The molecule has 0 saturated carbocycles. The largest absolute Gasteiger partial charge is 0.489 e. The third-order valence-electron chi connectivity index (χ3n) is 5.13. The second-order valence-electron chi connectivity index (χ2n) is 7.51. The minimum absolute atomic E-state index is 0.545. The third kappa shape index (κ3) is 6.64. The number of hydrogen-bond donors (Lipinski definition) is 0. The second kappa shape index (κ2) is 11.3. The molecule has 0 N–H and O–H groups in total. The van der Waals surface area contributed by atoms with E-state index in [2.05, 4.69) is 61.7 Å². The van der Waals surface area contributed by atoms with Gasteiger partial charge in [-0.15, -0.1) is 0 Å². The Morgan fingerprint density at radius 3 is 1.21 bits per heavy atom. The zero-order valence-electron chi connectivity index (χ0n) is 18.4. The number of hydrogen-bond acceptors (Lipinski definition) is 3. The van der Waals surface area contributed by atoms with Gasteiger partial charge in [0.2, 0.25) is 0 Å². The molecular weight excluding hydrogens is 424 g/mol. The molecule has 0 aliphatic rings. The van der Waals surface area contributed by atoms with Crippen LogP contribution in [0.4, 0.5) is 0 Å². The summed E-state index contributed by atoms with van der Waals surface area (Å²) in [4.78, 5) is 2.39. The van der Waals surface area contributed by atoms with Gasteiger partial charge in [0.25, 0.3) is 0 Å². The predicted octanol–water partition coefficient (Wildman–Crippen LogP) is 8.28. The van der Waals surface area contributed by atoms with E-state index in [1.165, 1.54) is 9.79 Å². The normalized spacial score (nSPS) is 10.4. The van der Waals surface area contributed by atoms with E-state index in [-0.39, 0.29) is 0 Å². The number of ether oxygens (including phenoxy) is 2. The molecule has 4 aromatic rings. The molecule has 0 aromatic heterocycles. The Balaban J connectivity index is 1.26. The van der Waals surface area contributed by atoms with Gasteiger partial charge in [0.15, 0.2) is 0 Å². The molecule has 33 heavy (non-hydrogen) atoms. The number of rotatable bonds is 10. The lowest BCUT2D eigenvalue weighted by Crippen LogP contribution is -1.95. The standard InChI is InChI=1S/C30H26O2S/c1-3-23-5-13-27(14-6-23)31-21-25-9-17-29(18-10-25)33-30-19-11-26(12-20-30)22-32-28-15-7-24(4-2)8-16-28/h3-20H,1-2,21-22H2. The van der Waals surface area contributed by atoms with Gasteiger partial charge in [0.05, 0.1) is 0 Å². The summed E-state index contributed by atoms with van der Waals surface area (Å²) >= 11 is 1.74. The van der Waals surface area contributed by atoms with E-state index in [1.807, 2.05) is 60.7 Å². The number of benzene rings is 4. The van der Waals surface area contributed by atoms with Gasteiger partial charge in [-0.1, -0.05) is 85.6 Å². The summed E-state index contributed by atoms with van der Waals surface area (Å²) in [6.07, 6.45) is 3.65. The van der Waals surface area contributed by atoms with E-state index in [0.717, 1.165) is 33.8 Å². The summed E-state index contributed by atoms with van der Waals surface area (Å²) in [5, 5.41) is 0. The van der Waals surface area contributed by atoms with Gasteiger partial charge in [-0.25, -0.2) is 0 Å². The van der Waals surface area contributed by atoms with Crippen molar-refractivity contribution in [2.75, 3.05) is 0 Å². The van der Waals surface area contributed by atoms with Crippen molar-refractivity contribution in [2.45, 2.75) is 23.0 Å². The lowest BCUT2D eigenvalue weighted by atomic mass is 10.2. The van der Waals surface area contributed by atoms with Gasteiger partial charge in [-0.2, -0.15) is 0 Å². The Hall–Kier alpha value is -3.69. The van der Waals surface area contributed by atoms with Gasteiger partial charge in [0, 0.05) is 9.79 Å². The Morgan fingerprint density at radius 2 is 0.879 bits per heavy atom. The minimum Gasteiger partial charge on any atom is -0.489 e. The van der Waals surface area contributed by atoms with Crippen molar-refractivity contribution < 1.29 is 9.47 Å². The van der Waals surface area contributed by atoms with Gasteiger partial charge < -0.3 is 9.47 Å². The van der Waals surface area contributed by atoms with Crippen molar-refractivity contribution >= 4 is 23.9 Å². The fraction of sp³-hybridized carbons (Fsp3) is 0.0667. The van der Waals surface area contributed by atoms with Crippen LogP contribution < -0.4 is 9.47 Å². The Labute approximate surface area is 200 Å². The van der Waals surface area contributed by atoms with Crippen LogP contribution in [-0.2, 0) is 13.2 Å². The van der Waals surface area contributed by atoms with Crippen LogP contribution in [0.3, 0.4) is 0 Å². The lowest BCUT2D eigenvalue weighted by molar-refractivity contribution is 0.306. The average Bonchev–Trinajstić information content (AvgIpc) is 2.88. The first-order chi connectivity index (χ1) is 16.2. The summed E-state index contributed by atoms with van der Waals surface area (Å²) in [6, 6.07) is 32.8. The second-order valence-corrected chi connectivity index (χ2v) is 8.66. The molecule has 0 spiro atoms. The first-order valence-corrected chi connectivity index (χ1v) is 11.6. The minimum atomic E-state index is 0.545. The van der Waals surface area contributed by atoms with Crippen LogP contribution in [-0.4, -0.2) is 0 Å². The van der Waals surface area contributed by atoms with E-state index in [0.29, 0.717) is 13.2 Å². The monoisotopic (exact) mass is 450 g/mol. The van der Waals surface area contributed by atoms with Crippen molar-refractivity contribution in [3.05, 3.63) is 132 Å². The van der Waals surface area contributed by atoms with Crippen molar-refractivity contribution in [1.82, 2.24) is 0 Å². The van der Waals surface area contributed by atoms with Gasteiger partial charge in [-0.3, -0.25) is 0 Å². The molecule has 0 bridgehead atoms. The maximum atomic E-state index is 5.87. The summed E-state index contributed by atoms with van der Waals surface area (Å²) < 4.78 is 11.7. The van der Waals surface area contributed by atoms with Crippen molar-refractivity contribution in [3.63, 3.8) is 0 Å². The lowest BCUT2D eigenvalue weighted by Gasteiger charge is -2.09. The maximum absolute atomic E-state index is 5.87. The molecule has 0 saturated heterocycles. The molecule has 0 fully saturated rings. The summed E-state index contributed by atoms with van der Waals surface area (Å²) in [5.41, 5.74) is 4.45. The maximum Gasteiger partial charge on any atom is 0.119 e. The fourth-order valence-corrected chi connectivity index (χ4v) is 3.99. The van der Waals surface area contributed by atoms with Crippen LogP contribution in [0.5, 0.6) is 11.5 Å². The third-order valence-corrected chi connectivity index (χ3v) is 6.14. The van der Waals surface area contributed by atoms with Crippen LogP contribution in [0, 0.1) is 0 Å². The first-order valence-electron chi connectivity index (χ1n) is 10.8. The molecular formula is C30H26O2S. The Kier molecular flexibility index (Phi) is 7.68. The molecule has 0 atom stereocenters. The summed E-state index contributed by atoms with van der Waals surface area (Å²) in [6.45, 7) is 8.63. The van der Waals surface area contributed by atoms with Crippen LogP contribution in [0.1, 0.15) is 22.3 Å². The van der Waals surface area contributed by atoms with Gasteiger partial charge in [0.1, 0.15) is 24.7 Å². The van der Waals surface area contributed by atoms with Crippen LogP contribution in [0.2, 0.25) is 0 Å². The highest BCUT2D eigenvalue weighted by atomic mass is 32.2. The fourth-order valence-electron chi connectivity index (χ4n) is 3.18. The van der Waals surface area contributed by atoms with Gasteiger partial charge >= 0.3 is 0 Å². The van der Waals surface area contributed by atoms with Gasteiger partial charge in [-0.05, 0) is 70.8 Å². The van der Waals surface area contributed by atoms with E-state index in [9.17, 15) is 0 Å². The molecule has 2 nitrogen and oxygen atoms in total. The van der Waals surface area contributed by atoms with E-state index < -0.39 is 0 Å². The van der Waals surface area contributed by atoms with Crippen LogP contribution >= 0.6 is 11.8 Å². The van der Waals surface area contributed by atoms with Crippen molar-refractivity contribution in [2.24, 2.45) is 0 Å².